The average molecular weight is 217 g/mol. The minimum Gasteiger partial charge on any atom is -0.354 e. The van der Waals surface area contributed by atoms with Crippen LogP contribution in [0.1, 0.15) is 68.7 Å². The maximum atomic E-state index is 10.2. The molecule has 1 amide bonds. The number of nitrogens with one attached hydrogen (secondary N) is 1. The van der Waals surface area contributed by atoms with Crippen LogP contribution >= 0.6 is 0 Å². The summed E-state index contributed by atoms with van der Waals surface area (Å²) in [4.78, 5) is 10.2. The fourth-order valence-electron chi connectivity index (χ4n) is 1.54. The summed E-state index contributed by atoms with van der Waals surface area (Å²) in [7, 11) is 0. The van der Waals surface area contributed by atoms with Gasteiger partial charge < -0.3 is 5.32 Å². The summed E-state index contributed by atoms with van der Waals surface area (Å²) in [5.41, 5.74) is 0.180. The molecule has 0 radical (unpaired) electrons. The lowest BCUT2D eigenvalue weighted by atomic mass is 9.82. The highest BCUT2D eigenvalue weighted by Gasteiger charge is 2.24. The van der Waals surface area contributed by atoms with E-state index >= 15 is 0 Å². The fraction of sp³-hybridized carbons (Fsp3) is 0.923. The van der Waals surface area contributed by atoms with Crippen molar-refractivity contribution in [3.8, 4) is 0 Å². The molecule has 0 spiro atoms. The molecular formula is C13H31NO. The van der Waals surface area contributed by atoms with E-state index in [-0.39, 0.29) is 11.0 Å². The van der Waals surface area contributed by atoms with E-state index in [1.165, 1.54) is 0 Å². The number of amides is 1. The molecule has 0 saturated carbocycles. The smallest absolute Gasteiger partial charge is 0.207 e. The molecule has 0 aliphatic rings. The Bertz CT molecular complexity index is 134. The highest BCUT2D eigenvalue weighted by molar-refractivity contribution is 5.47. The minimum absolute atomic E-state index is 0.0833. The van der Waals surface area contributed by atoms with Crippen LogP contribution in [0, 0.1) is 5.41 Å². The first-order valence-corrected chi connectivity index (χ1v) is 5.98. The van der Waals surface area contributed by atoms with Gasteiger partial charge in [0.05, 0.1) is 0 Å². The molecule has 0 aliphatic heterocycles. The van der Waals surface area contributed by atoms with Gasteiger partial charge in [-0.05, 0) is 25.7 Å². The molecule has 0 atom stereocenters. The van der Waals surface area contributed by atoms with E-state index in [9.17, 15) is 4.79 Å². The quantitative estimate of drug-likeness (QED) is 0.711. The van der Waals surface area contributed by atoms with Crippen molar-refractivity contribution in [2.24, 2.45) is 5.41 Å². The molecule has 0 aromatic rings. The first kappa shape index (κ1) is 20.0. The summed E-state index contributed by atoms with van der Waals surface area (Å²) in [6, 6.07) is 0. The van der Waals surface area contributed by atoms with Crippen molar-refractivity contribution in [1.29, 1.82) is 0 Å². The fourth-order valence-corrected chi connectivity index (χ4v) is 1.54. The summed E-state index contributed by atoms with van der Waals surface area (Å²) >= 11 is 0. The maximum absolute atomic E-state index is 10.2. The second-order valence-corrected chi connectivity index (χ2v) is 4.88. The van der Waals surface area contributed by atoms with Gasteiger partial charge in [0.1, 0.15) is 0 Å². The first-order valence-electron chi connectivity index (χ1n) is 5.98. The van der Waals surface area contributed by atoms with Crippen molar-refractivity contribution >= 4 is 6.41 Å². The third kappa shape index (κ3) is 19.8. The molecule has 0 fully saturated rings. The lowest BCUT2D eigenvalue weighted by Crippen LogP contribution is -2.41. The van der Waals surface area contributed by atoms with E-state index in [4.69, 9.17) is 0 Å². The lowest BCUT2D eigenvalue weighted by Gasteiger charge is -2.31. The van der Waals surface area contributed by atoms with Gasteiger partial charge in [-0.15, -0.1) is 0 Å². The molecule has 0 unspecified atom stereocenters. The highest BCUT2D eigenvalue weighted by Crippen LogP contribution is 2.26. The SMILES string of the molecule is CC.CC.CC(C)(C)CC(C)(C)NC=O. The van der Waals surface area contributed by atoms with Gasteiger partial charge in [0.2, 0.25) is 6.41 Å². The lowest BCUT2D eigenvalue weighted by molar-refractivity contribution is -0.111. The van der Waals surface area contributed by atoms with Gasteiger partial charge in [-0.3, -0.25) is 4.79 Å². The monoisotopic (exact) mass is 217 g/mol. The summed E-state index contributed by atoms with van der Waals surface area (Å²) in [6.45, 7) is 18.6. The standard InChI is InChI=1S/C9H19NO.2C2H6/c1-8(2,3)6-9(4,5)10-7-11;2*1-2/h7H,6H2,1-5H3,(H,10,11);2*1-2H3. The van der Waals surface area contributed by atoms with Crippen LogP contribution in [0.15, 0.2) is 0 Å². The Kier molecular flexibility index (Phi) is 13.3. The molecular weight excluding hydrogens is 186 g/mol. The summed E-state index contributed by atoms with van der Waals surface area (Å²) < 4.78 is 0. The summed E-state index contributed by atoms with van der Waals surface area (Å²) in [5, 5.41) is 2.80. The third-order valence-electron chi connectivity index (χ3n) is 1.42. The molecule has 0 rings (SSSR count). The Hall–Kier alpha value is -0.530. The van der Waals surface area contributed by atoms with Gasteiger partial charge in [-0.25, -0.2) is 0 Å². The van der Waals surface area contributed by atoms with E-state index in [0.717, 1.165) is 12.8 Å². The largest absolute Gasteiger partial charge is 0.354 e. The van der Waals surface area contributed by atoms with Gasteiger partial charge in [0, 0.05) is 5.54 Å². The molecule has 2 nitrogen and oxygen atoms in total. The Balaban J connectivity index is -0.000000318. The van der Waals surface area contributed by atoms with Crippen molar-refractivity contribution in [2.45, 2.75) is 74.3 Å². The second kappa shape index (κ2) is 10.0. The molecule has 2 heteroatoms. The van der Waals surface area contributed by atoms with Crippen molar-refractivity contribution < 1.29 is 4.79 Å². The van der Waals surface area contributed by atoms with Crippen LogP contribution in [0.2, 0.25) is 0 Å². The number of hydrogen-bond acceptors (Lipinski definition) is 1. The zero-order chi connectivity index (χ0) is 13.1. The van der Waals surface area contributed by atoms with Crippen LogP contribution in [0.4, 0.5) is 0 Å². The van der Waals surface area contributed by atoms with Crippen LogP contribution in [0.25, 0.3) is 0 Å². The van der Waals surface area contributed by atoms with Crippen molar-refractivity contribution in [2.75, 3.05) is 0 Å². The van der Waals surface area contributed by atoms with E-state index in [1.54, 1.807) is 0 Å². The van der Waals surface area contributed by atoms with E-state index < -0.39 is 0 Å². The van der Waals surface area contributed by atoms with Crippen molar-refractivity contribution in [1.82, 2.24) is 5.32 Å². The predicted molar refractivity (Wildman–Crippen MR) is 70.0 cm³/mol. The summed E-state index contributed by atoms with van der Waals surface area (Å²) in [5.74, 6) is 0. The molecule has 0 aromatic heterocycles. The second-order valence-electron chi connectivity index (χ2n) is 4.88. The maximum Gasteiger partial charge on any atom is 0.207 e. The highest BCUT2D eigenvalue weighted by atomic mass is 16.1. The Morgan fingerprint density at radius 3 is 1.47 bits per heavy atom. The summed E-state index contributed by atoms with van der Waals surface area (Å²) in [6.07, 6.45) is 1.75. The number of carbonyl (C=O) groups is 1. The molecule has 0 heterocycles. The first-order chi connectivity index (χ1) is 6.77. The number of hydrogen-bond donors (Lipinski definition) is 1. The van der Waals surface area contributed by atoms with E-state index in [2.05, 4.69) is 26.1 Å². The zero-order valence-electron chi connectivity index (χ0n) is 12.2. The minimum atomic E-state index is -0.0833. The molecule has 0 aliphatic carbocycles. The van der Waals surface area contributed by atoms with Crippen molar-refractivity contribution in [3.63, 3.8) is 0 Å². The predicted octanol–water partition coefficient (Wildman–Crippen LogP) is 4.00. The molecule has 0 bridgehead atoms. The van der Waals surface area contributed by atoms with Gasteiger partial charge in [0.25, 0.3) is 0 Å². The normalized spacial score (nSPS) is 10.2. The van der Waals surface area contributed by atoms with E-state index in [1.807, 2.05) is 41.5 Å². The van der Waals surface area contributed by atoms with E-state index in [0.29, 0.717) is 0 Å². The molecule has 0 aromatic carbocycles. The van der Waals surface area contributed by atoms with Crippen LogP contribution in [-0.2, 0) is 4.79 Å². The molecule has 1 N–H and O–H groups in total. The molecule has 15 heavy (non-hydrogen) atoms. The van der Waals surface area contributed by atoms with Gasteiger partial charge in [-0.1, -0.05) is 48.5 Å². The van der Waals surface area contributed by atoms with Gasteiger partial charge in [0.15, 0.2) is 0 Å². The van der Waals surface area contributed by atoms with Crippen LogP contribution in [-0.4, -0.2) is 11.9 Å². The number of rotatable bonds is 3. The Morgan fingerprint density at radius 1 is 0.933 bits per heavy atom. The zero-order valence-corrected chi connectivity index (χ0v) is 12.2. The van der Waals surface area contributed by atoms with Gasteiger partial charge >= 0.3 is 0 Å². The Morgan fingerprint density at radius 2 is 1.27 bits per heavy atom. The topological polar surface area (TPSA) is 29.1 Å². The average Bonchev–Trinajstić information content (AvgIpc) is 2.07. The Labute approximate surface area is 96.8 Å². The van der Waals surface area contributed by atoms with Crippen LogP contribution < -0.4 is 5.32 Å². The van der Waals surface area contributed by atoms with Crippen LogP contribution in [0.5, 0.6) is 0 Å². The number of carbonyl (C=O) groups excluding carboxylic acids is 1. The van der Waals surface area contributed by atoms with Crippen molar-refractivity contribution in [3.05, 3.63) is 0 Å². The van der Waals surface area contributed by atoms with Gasteiger partial charge in [-0.2, -0.15) is 0 Å². The third-order valence-corrected chi connectivity index (χ3v) is 1.42. The molecule has 0 saturated heterocycles. The van der Waals surface area contributed by atoms with Crippen LogP contribution in [0.3, 0.4) is 0 Å². The molecule has 94 valence electrons.